The van der Waals surface area contributed by atoms with Crippen LogP contribution in [-0.4, -0.2) is 38.4 Å². The van der Waals surface area contributed by atoms with E-state index in [9.17, 15) is 4.79 Å². The van der Waals surface area contributed by atoms with E-state index in [1.54, 1.807) is 24.2 Å². The van der Waals surface area contributed by atoms with E-state index >= 15 is 0 Å². The third-order valence-corrected chi connectivity index (χ3v) is 4.41. The van der Waals surface area contributed by atoms with Crippen molar-refractivity contribution in [1.82, 2.24) is 24.6 Å². The minimum atomic E-state index is -0.222. The number of aryl methyl sites for hydroxylation is 1. The van der Waals surface area contributed by atoms with Crippen molar-refractivity contribution in [1.29, 1.82) is 0 Å². The fourth-order valence-electron chi connectivity index (χ4n) is 3.12. The van der Waals surface area contributed by atoms with E-state index in [1.807, 2.05) is 36.5 Å². The molecule has 1 aliphatic rings. The third-order valence-electron chi connectivity index (χ3n) is 4.41. The number of para-hydroxylation sites is 1. The molecule has 0 saturated carbocycles. The van der Waals surface area contributed by atoms with Crippen LogP contribution in [0.5, 0.6) is 5.75 Å². The molecule has 1 amide bonds. The number of imidazole rings is 1. The molecule has 1 N–H and O–H groups in total. The molecule has 1 aromatic carbocycles. The van der Waals surface area contributed by atoms with E-state index in [0.29, 0.717) is 11.4 Å². The Kier molecular flexibility index (Phi) is 3.97. The summed E-state index contributed by atoms with van der Waals surface area (Å²) in [6.45, 7) is 0.725. The van der Waals surface area contributed by atoms with Crippen LogP contribution in [-0.2, 0) is 13.0 Å². The maximum atomic E-state index is 12.7. The van der Waals surface area contributed by atoms with E-state index in [0.717, 1.165) is 30.9 Å². The maximum absolute atomic E-state index is 12.7. The predicted octanol–water partition coefficient (Wildman–Crippen LogP) is 1.82. The van der Waals surface area contributed by atoms with Crippen molar-refractivity contribution in [3.63, 3.8) is 0 Å². The van der Waals surface area contributed by atoms with E-state index in [2.05, 4.69) is 20.0 Å². The molecule has 0 unspecified atom stereocenters. The molecule has 0 bridgehead atoms. The molecule has 25 heavy (non-hydrogen) atoms. The Hall–Kier alpha value is -3.09. The first-order valence-corrected chi connectivity index (χ1v) is 8.24. The number of hydrogen-bond acceptors (Lipinski definition) is 4. The van der Waals surface area contributed by atoms with E-state index < -0.39 is 0 Å². The minimum Gasteiger partial charge on any atom is -0.493 e. The lowest BCUT2D eigenvalue weighted by atomic mass is 10.1. The van der Waals surface area contributed by atoms with Crippen molar-refractivity contribution in [3.05, 3.63) is 60.4 Å². The molecule has 0 radical (unpaired) electrons. The molecule has 1 aliphatic heterocycles. The van der Waals surface area contributed by atoms with Crippen molar-refractivity contribution in [3.8, 4) is 11.4 Å². The van der Waals surface area contributed by atoms with Gasteiger partial charge < -0.3 is 14.6 Å². The molecule has 0 fully saturated rings. The Bertz CT molecular complexity index is 884. The first kappa shape index (κ1) is 15.4. The van der Waals surface area contributed by atoms with Crippen LogP contribution in [0, 0.1) is 0 Å². The highest BCUT2D eigenvalue weighted by Gasteiger charge is 2.24. The normalized spacial score (nSPS) is 16.3. The highest BCUT2D eigenvalue weighted by Crippen LogP contribution is 2.20. The van der Waals surface area contributed by atoms with Gasteiger partial charge in [-0.3, -0.25) is 4.79 Å². The number of nitrogens with one attached hydrogen (secondary N) is 1. The molecule has 0 aliphatic carbocycles. The number of nitrogens with zero attached hydrogens (tertiary/aromatic N) is 4. The van der Waals surface area contributed by atoms with Gasteiger partial charge in [-0.05, 0) is 18.6 Å². The smallest absolute Gasteiger partial charge is 0.275 e. The fourth-order valence-corrected chi connectivity index (χ4v) is 3.12. The molecule has 4 rings (SSSR count). The van der Waals surface area contributed by atoms with Crippen molar-refractivity contribution in [2.24, 2.45) is 0 Å². The summed E-state index contributed by atoms with van der Waals surface area (Å²) < 4.78 is 9.08. The second-order valence-corrected chi connectivity index (χ2v) is 6.03. The lowest BCUT2D eigenvalue weighted by Gasteiger charge is -2.24. The van der Waals surface area contributed by atoms with Crippen LogP contribution in [0.3, 0.4) is 0 Å². The van der Waals surface area contributed by atoms with Crippen LogP contribution in [0.25, 0.3) is 5.69 Å². The van der Waals surface area contributed by atoms with Gasteiger partial charge in [-0.2, -0.15) is 5.10 Å². The van der Waals surface area contributed by atoms with Gasteiger partial charge in [-0.15, -0.1) is 0 Å². The van der Waals surface area contributed by atoms with E-state index in [-0.39, 0.29) is 11.9 Å². The number of fused-ring (bicyclic) bond motifs is 1. The summed E-state index contributed by atoms with van der Waals surface area (Å²) in [5.41, 5.74) is 1.17. The fraction of sp³-hybridized carbons (Fsp3) is 0.278. The van der Waals surface area contributed by atoms with E-state index in [1.165, 1.54) is 0 Å². The number of amides is 1. The molecule has 7 heteroatoms. The second-order valence-electron chi connectivity index (χ2n) is 6.03. The first-order valence-electron chi connectivity index (χ1n) is 8.24. The van der Waals surface area contributed by atoms with Crippen LogP contribution in [0.4, 0.5) is 0 Å². The Morgan fingerprint density at radius 3 is 2.96 bits per heavy atom. The van der Waals surface area contributed by atoms with Crippen LogP contribution >= 0.6 is 0 Å². The topological polar surface area (TPSA) is 74.0 Å². The highest BCUT2D eigenvalue weighted by atomic mass is 16.5. The van der Waals surface area contributed by atoms with Gasteiger partial charge in [-0.25, -0.2) is 9.67 Å². The Morgan fingerprint density at radius 2 is 2.16 bits per heavy atom. The number of ether oxygens (including phenoxy) is 1. The zero-order valence-corrected chi connectivity index (χ0v) is 13.9. The van der Waals surface area contributed by atoms with Gasteiger partial charge in [0.25, 0.3) is 5.91 Å². The second kappa shape index (κ2) is 6.43. The SMILES string of the molecule is COc1cn(-c2ccccc2)nc1C(=O)N[C@H]1CCc2nccn2C1. The van der Waals surface area contributed by atoms with Crippen LogP contribution in [0.2, 0.25) is 0 Å². The Labute approximate surface area is 145 Å². The van der Waals surface area contributed by atoms with Gasteiger partial charge in [-0.1, -0.05) is 18.2 Å². The number of methoxy groups -OCH3 is 1. The lowest BCUT2D eigenvalue weighted by molar-refractivity contribution is 0.0919. The van der Waals surface area contributed by atoms with Gasteiger partial charge in [0.2, 0.25) is 0 Å². The summed E-state index contributed by atoms with van der Waals surface area (Å²) in [5, 5.41) is 7.47. The summed E-state index contributed by atoms with van der Waals surface area (Å²) in [6, 6.07) is 9.69. The minimum absolute atomic E-state index is 0.0563. The van der Waals surface area contributed by atoms with Crippen molar-refractivity contribution < 1.29 is 9.53 Å². The molecule has 2 aromatic heterocycles. The van der Waals surface area contributed by atoms with Gasteiger partial charge in [0.15, 0.2) is 11.4 Å². The average molecular weight is 337 g/mol. The quantitative estimate of drug-likeness (QED) is 0.788. The van der Waals surface area contributed by atoms with Crippen LogP contribution < -0.4 is 10.1 Å². The number of aromatic nitrogens is 4. The van der Waals surface area contributed by atoms with Gasteiger partial charge in [0.05, 0.1) is 19.0 Å². The monoisotopic (exact) mass is 337 g/mol. The van der Waals surface area contributed by atoms with Crippen LogP contribution in [0.1, 0.15) is 22.7 Å². The molecule has 0 spiro atoms. The molecular weight excluding hydrogens is 318 g/mol. The molecular formula is C18H19N5O2. The van der Waals surface area contributed by atoms with Gasteiger partial charge in [0.1, 0.15) is 5.82 Å². The molecule has 3 aromatic rings. The van der Waals surface area contributed by atoms with Crippen molar-refractivity contribution in [2.75, 3.05) is 7.11 Å². The summed E-state index contributed by atoms with van der Waals surface area (Å²) in [7, 11) is 1.54. The number of rotatable bonds is 4. The summed E-state index contributed by atoms with van der Waals surface area (Å²) in [5.74, 6) is 1.30. The number of carbonyl (C=O) groups excluding carboxylic acids is 1. The molecule has 128 valence electrons. The zero-order valence-electron chi connectivity index (χ0n) is 13.9. The third kappa shape index (κ3) is 3.00. The zero-order chi connectivity index (χ0) is 17.2. The van der Waals surface area contributed by atoms with E-state index in [4.69, 9.17) is 4.74 Å². The van der Waals surface area contributed by atoms with Crippen molar-refractivity contribution >= 4 is 5.91 Å². The van der Waals surface area contributed by atoms with Crippen LogP contribution in [0.15, 0.2) is 48.9 Å². The Balaban J connectivity index is 1.53. The first-order chi connectivity index (χ1) is 12.2. The largest absolute Gasteiger partial charge is 0.493 e. The summed E-state index contributed by atoms with van der Waals surface area (Å²) in [4.78, 5) is 17.0. The maximum Gasteiger partial charge on any atom is 0.275 e. The average Bonchev–Trinajstić information content (AvgIpc) is 3.28. The molecule has 1 atom stereocenters. The number of benzene rings is 1. The Morgan fingerprint density at radius 1 is 1.32 bits per heavy atom. The lowest BCUT2D eigenvalue weighted by Crippen LogP contribution is -2.41. The summed E-state index contributed by atoms with van der Waals surface area (Å²) >= 11 is 0. The highest BCUT2D eigenvalue weighted by molar-refractivity contribution is 5.95. The molecule has 0 saturated heterocycles. The van der Waals surface area contributed by atoms with Crippen molar-refractivity contribution in [2.45, 2.75) is 25.4 Å². The number of carbonyl (C=O) groups is 1. The predicted molar refractivity (Wildman–Crippen MR) is 91.9 cm³/mol. The summed E-state index contributed by atoms with van der Waals surface area (Å²) in [6.07, 6.45) is 7.18. The molecule has 7 nitrogen and oxygen atoms in total. The standard InChI is InChI=1S/C18H19N5O2/c1-25-15-12-23(14-5-3-2-4-6-14)21-17(15)18(24)20-13-7-8-16-19-9-10-22(16)11-13/h2-6,9-10,12-13H,7-8,11H2,1H3,(H,20,24)/t13-/m0/s1. The molecule has 3 heterocycles. The number of hydrogen-bond donors (Lipinski definition) is 1. The van der Waals surface area contributed by atoms with Gasteiger partial charge >= 0.3 is 0 Å². The van der Waals surface area contributed by atoms with Gasteiger partial charge in [0, 0.05) is 31.4 Å².